The minimum Gasteiger partial charge on any atom is -0.381 e. The molecule has 108 valence electrons. The van der Waals surface area contributed by atoms with E-state index in [1.807, 2.05) is 6.92 Å². The second kappa shape index (κ2) is 5.49. The molecular weight excluding hydrogens is 283 g/mol. The zero-order valence-corrected chi connectivity index (χ0v) is 11.7. The highest BCUT2D eigenvalue weighted by Gasteiger charge is 2.22. The van der Waals surface area contributed by atoms with Crippen LogP contribution in [0.25, 0.3) is 0 Å². The zero-order valence-electron chi connectivity index (χ0n) is 10.9. The highest BCUT2D eigenvalue weighted by Crippen LogP contribution is 2.22. The fourth-order valence-electron chi connectivity index (χ4n) is 1.71. The molecule has 20 heavy (non-hydrogen) atoms. The molecule has 0 amide bonds. The molecule has 0 saturated heterocycles. The third-order valence-corrected chi connectivity index (χ3v) is 4.00. The first-order valence-electron chi connectivity index (χ1n) is 6.04. The number of hydrogen-bond acceptors (Lipinski definition) is 4. The molecular formula is C12H15FN4O2S. The van der Waals surface area contributed by atoms with Gasteiger partial charge in [-0.1, -0.05) is 19.1 Å². The van der Waals surface area contributed by atoms with E-state index in [-0.39, 0.29) is 16.4 Å². The summed E-state index contributed by atoms with van der Waals surface area (Å²) in [6, 6.07) is 5.51. The van der Waals surface area contributed by atoms with Gasteiger partial charge in [0.25, 0.3) is 10.0 Å². The van der Waals surface area contributed by atoms with Crippen LogP contribution in [-0.2, 0) is 16.6 Å². The lowest BCUT2D eigenvalue weighted by molar-refractivity contribution is 0.593. The van der Waals surface area contributed by atoms with E-state index in [1.54, 1.807) is 0 Å². The fourth-order valence-corrected chi connectivity index (χ4v) is 2.85. The Morgan fingerprint density at radius 3 is 2.75 bits per heavy atom. The van der Waals surface area contributed by atoms with Gasteiger partial charge in [0.2, 0.25) is 0 Å². The quantitative estimate of drug-likeness (QED) is 0.881. The van der Waals surface area contributed by atoms with Crippen LogP contribution < -0.4 is 10.5 Å². The van der Waals surface area contributed by atoms with E-state index >= 15 is 0 Å². The topological polar surface area (TPSA) is 90.0 Å². The molecule has 0 aliphatic carbocycles. The van der Waals surface area contributed by atoms with Gasteiger partial charge < -0.3 is 5.73 Å². The molecule has 1 heterocycles. The van der Waals surface area contributed by atoms with Crippen molar-refractivity contribution in [3.63, 3.8) is 0 Å². The number of nitrogens with one attached hydrogen (secondary N) is 1. The van der Waals surface area contributed by atoms with Crippen LogP contribution in [0.15, 0.2) is 35.4 Å². The largest absolute Gasteiger partial charge is 0.381 e. The average molecular weight is 298 g/mol. The molecule has 8 heteroatoms. The summed E-state index contributed by atoms with van der Waals surface area (Å²) in [5.74, 6) is -0.766. The molecule has 3 N–H and O–H groups in total. The number of nitrogens with zero attached hydrogens (tertiary/aromatic N) is 2. The van der Waals surface area contributed by atoms with Gasteiger partial charge in [0.15, 0.2) is 5.82 Å². The van der Waals surface area contributed by atoms with Gasteiger partial charge in [-0.3, -0.25) is 9.40 Å². The lowest BCUT2D eigenvalue weighted by atomic mass is 10.3. The first-order valence-corrected chi connectivity index (χ1v) is 7.52. The van der Waals surface area contributed by atoms with Crippen molar-refractivity contribution in [2.75, 3.05) is 10.5 Å². The van der Waals surface area contributed by atoms with Crippen molar-refractivity contribution >= 4 is 21.5 Å². The molecule has 0 radical (unpaired) electrons. The minimum absolute atomic E-state index is 0.109. The molecule has 1 aromatic heterocycles. The summed E-state index contributed by atoms with van der Waals surface area (Å²) in [5, 5.41) is 3.91. The number of hydrogen-bond donors (Lipinski definition) is 2. The summed E-state index contributed by atoms with van der Waals surface area (Å²) in [6.45, 7) is 2.49. The Balaban J connectivity index is 2.33. The molecule has 0 fully saturated rings. The number of aromatic nitrogens is 2. The molecule has 2 aromatic rings. The normalized spacial score (nSPS) is 11.5. The Morgan fingerprint density at radius 2 is 2.10 bits per heavy atom. The predicted molar refractivity (Wildman–Crippen MR) is 74.1 cm³/mol. The number of sulfonamides is 1. The number of rotatable bonds is 5. The van der Waals surface area contributed by atoms with Gasteiger partial charge in [-0.15, -0.1) is 0 Å². The lowest BCUT2D eigenvalue weighted by Gasteiger charge is -2.07. The Bertz CT molecular complexity index is 712. The highest BCUT2D eigenvalue weighted by atomic mass is 32.2. The van der Waals surface area contributed by atoms with Gasteiger partial charge in [0, 0.05) is 12.7 Å². The van der Waals surface area contributed by atoms with E-state index in [4.69, 9.17) is 5.73 Å². The Hall–Kier alpha value is -2.09. The van der Waals surface area contributed by atoms with Crippen LogP contribution in [0.4, 0.5) is 15.9 Å². The Morgan fingerprint density at radius 1 is 1.40 bits per heavy atom. The molecule has 6 nitrogen and oxygen atoms in total. The predicted octanol–water partition coefficient (Wildman–Crippen LogP) is 1.82. The minimum atomic E-state index is -3.96. The van der Waals surface area contributed by atoms with E-state index in [9.17, 15) is 12.8 Å². The summed E-state index contributed by atoms with van der Waals surface area (Å²) in [7, 11) is -3.96. The van der Waals surface area contributed by atoms with Crippen LogP contribution in [-0.4, -0.2) is 18.2 Å². The number of halogens is 1. The molecule has 0 aliphatic heterocycles. The number of nitrogen functional groups attached to an aromatic ring is 1. The van der Waals surface area contributed by atoms with E-state index in [0.717, 1.165) is 6.42 Å². The number of benzene rings is 1. The fraction of sp³-hybridized carbons (Fsp3) is 0.250. The average Bonchev–Trinajstić information content (AvgIpc) is 2.74. The van der Waals surface area contributed by atoms with Gasteiger partial charge in [-0.2, -0.15) is 5.10 Å². The summed E-state index contributed by atoms with van der Waals surface area (Å²) < 4.78 is 41.5. The van der Waals surface area contributed by atoms with Crippen LogP contribution in [0, 0.1) is 5.82 Å². The van der Waals surface area contributed by atoms with E-state index in [2.05, 4.69) is 9.82 Å². The molecule has 0 saturated carbocycles. The molecule has 0 atom stereocenters. The molecule has 2 rings (SSSR count). The summed E-state index contributed by atoms with van der Waals surface area (Å²) in [6.07, 6.45) is 2.13. The number of nitrogens with two attached hydrogens (primary N) is 1. The van der Waals surface area contributed by atoms with E-state index in [0.29, 0.717) is 6.54 Å². The van der Waals surface area contributed by atoms with E-state index < -0.39 is 15.8 Å². The zero-order chi connectivity index (χ0) is 14.8. The van der Waals surface area contributed by atoms with Crippen LogP contribution in [0.3, 0.4) is 0 Å². The molecule has 0 unspecified atom stereocenters. The summed E-state index contributed by atoms with van der Waals surface area (Å²) >= 11 is 0. The molecule has 0 aliphatic rings. The maximum absolute atomic E-state index is 13.5. The monoisotopic (exact) mass is 298 g/mol. The standard InChI is InChI=1S/C12H15FN4O2S/c1-2-7-17-8-11(12(14)15-17)20(18,19)16-10-6-4-3-5-9(10)13/h3-6,8,16H,2,7H2,1H3,(H2,14,15). The van der Waals surface area contributed by atoms with Crippen molar-refractivity contribution < 1.29 is 12.8 Å². The van der Waals surface area contributed by atoms with Gasteiger partial charge in [-0.25, -0.2) is 12.8 Å². The number of anilines is 2. The number of para-hydroxylation sites is 1. The van der Waals surface area contributed by atoms with Gasteiger partial charge >= 0.3 is 0 Å². The van der Waals surface area contributed by atoms with Crippen molar-refractivity contribution in [2.45, 2.75) is 24.8 Å². The highest BCUT2D eigenvalue weighted by molar-refractivity contribution is 7.92. The second-order valence-electron chi connectivity index (χ2n) is 4.23. The second-order valence-corrected chi connectivity index (χ2v) is 5.88. The first-order chi connectivity index (χ1) is 9.44. The van der Waals surface area contributed by atoms with Crippen molar-refractivity contribution in [3.05, 3.63) is 36.3 Å². The SMILES string of the molecule is CCCn1cc(S(=O)(=O)Nc2ccccc2F)c(N)n1. The molecule has 1 aromatic carbocycles. The Labute approximate surface area is 116 Å². The van der Waals surface area contributed by atoms with Gasteiger partial charge in [0.05, 0.1) is 5.69 Å². The van der Waals surface area contributed by atoms with Gasteiger partial charge in [0.1, 0.15) is 10.7 Å². The maximum atomic E-state index is 13.5. The van der Waals surface area contributed by atoms with Crippen LogP contribution in [0.2, 0.25) is 0 Å². The van der Waals surface area contributed by atoms with Crippen molar-refractivity contribution in [2.24, 2.45) is 0 Å². The van der Waals surface area contributed by atoms with Crippen LogP contribution in [0.5, 0.6) is 0 Å². The molecule has 0 bridgehead atoms. The van der Waals surface area contributed by atoms with Crippen molar-refractivity contribution in [1.29, 1.82) is 0 Å². The maximum Gasteiger partial charge on any atom is 0.267 e. The Kier molecular flexibility index (Phi) is 3.93. The third-order valence-electron chi connectivity index (χ3n) is 2.62. The first kappa shape index (κ1) is 14.3. The summed E-state index contributed by atoms with van der Waals surface area (Å²) in [4.78, 5) is -0.158. The van der Waals surface area contributed by atoms with Gasteiger partial charge in [-0.05, 0) is 18.6 Å². The van der Waals surface area contributed by atoms with Crippen molar-refractivity contribution in [1.82, 2.24) is 9.78 Å². The van der Waals surface area contributed by atoms with E-state index in [1.165, 1.54) is 35.1 Å². The smallest absolute Gasteiger partial charge is 0.267 e. The van der Waals surface area contributed by atoms with Crippen LogP contribution in [0.1, 0.15) is 13.3 Å². The lowest BCUT2D eigenvalue weighted by Crippen LogP contribution is -2.14. The van der Waals surface area contributed by atoms with Crippen molar-refractivity contribution in [3.8, 4) is 0 Å². The molecule has 0 spiro atoms. The summed E-state index contributed by atoms with van der Waals surface area (Å²) in [5.41, 5.74) is 5.48. The third kappa shape index (κ3) is 2.90. The van der Waals surface area contributed by atoms with Crippen LogP contribution >= 0.6 is 0 Å². The number of aryl methyl sites for hydroxylation is 1.